The molecule has 4 nitrogen and oxygen atoms in total. The lowest BCUT2D eigenvalue weighted by atomic mass is 9.81. The number of hydrogen-bond acceptors (Lipinski definition) is 3. The monoisotopic (exact) mass is 289 g/mol. The molecule has 2 N–H and O–H groups in total. The lowest BCUT2D eigenvalue weighted by Crippen LogP contribution is -2.41. The van der Waals surface area contributed by atoms with Crippen molar-refractivity contribution in [2.24, 2.45) is 11.3 Å². The van der Waals surface area contributed by atoms with Crippen molar-refractivity contribution in [2.45, 2.75) is 47.3 Å². The molecule has 2 aromatic heterocycles. The number of aryl methyl sites for hydroxylation is 1. The van der Waals surface area contributed by atoms with E-state index in [1.807, 2.05) is 18.5 Å². The summed E-state index contributed by atoms with van der Waals surface area (Å²) in [5.74, 6) is 0.264. The number of imidazole rings is 1. The highest BCUT2D eigenvalue weighted by molar-refractivity contribution is 5.48. The molecular formula is C17H27N3O. The quantitative estimate of drug-likeness (QED) is 0.859. The van der Waals surface area contributed by atoms with Gasteiger partial charge in [-0.3, -0.25) is 0 Å². The molecule has 0 spiro atoms. The van der Waals surface area contributed by atoms with Crippen LogP contribution in [0.2, 0.25) is 0 Å². The lowest BCUT2D eigenvalue weighted by Gasteiger charge is -2.33. The first-order chi connectivity index (χ1) is 9.83. The van der Waals surface area contributed by atoms with Crippen LogP contribution in [-0.4, -0.2) is 27.1 Å². The fraction of sp³-hybridized carbons (Fsp3) is 0.588. The smallest absolute Gasteiger partial charge is 0.139 e. The highest BCUT2D eigenvalue weighted by Gasteiger charge is 2.29. The molecule has 2 heterocycles. The van der Waals surface area contributed by atoms with Crippen molar-refractivity contribution in [2.75, 3.05) is 6.54 Å². The molecule has 116 valence electrons. The molecule has 1 unspecified atom stereocenters. The summed E-state index contributed by atoms with van der Waals surface area (Å²) in [6.45, 7) is 11.9. The van der Waals surface area contributed by atoms with Crippen LogP contribution < -0.4 is 5.32 Å². The van der Waals surface area contributed by atoms with Crippen LogP contribution in [0.3, 0.4) is 0 Å². The van der Waals surface area contributed by atoms with Gasteiger partial charge in [-0.05, 0) is 24.5 Å². The number of rotatable bonds is 6. The fourth-order valence-corrected chi connectivity index (χ4v) is 2.85. The first-order valence-corrected chi connectivity index (χ1v) is 7.63. The maximum Gasteiger partial charge on any atom is 0.139 e. The van der Waals surface area contributed by atoms with Crippen molar-refractivity contribution in [1.82, 2.24) is 14.7 Å². The van der Waals surface area contributed by atoms with Crippen LogP contribution in [-0.2, 0) is 6.54 Å². The minimum atomic E-state index is -0.311. The number of aliphatic hydroxyl groups is 1. The highest BCUT2D eigenvalue weighted by Crippen LogP contribution is 2.25. The van der Waals surface area contributed by atoms with Crippen molar-refractivity contribution >= 4 is 5.65 Å². The molecule has 0 saturated heterocycles. The minimum Gasteiger partial charge on any atom is -0.392 e. The van der Waals surface area contributed by atoms with Gasteiger partial charge in [0.2, 0.25) is 0 Å². The van der Waals surface area contributed by atoms with Crippen LogP contribution in [0.5, 0.6) is 0 Å². The predicted octanol–water partition coefficient (Wildman–Crippen LogP) is 2.78. The van der Waals surface area contributed by atoms with E-state index in [0.29, 0.717) is 0 Å². The average Bonchev–Trinajstić information content (AvgIpc) is 2.82. The van der Waals surface area contributed by atoms with E-state index in [-0.39, 0.29) is 17.4 Å². The van der Waals surface area contributed by atoms with Crippen molar-refractivity contribution in [3.8, 4) is 0 Å². The van der Waals surface area contributed by atoms with E-state index in [1.165, 1.54) is 5.56 Å². The number of aliphatic hydroxyl groups excluding tert-OH is 1. The highest BCUT2D eigenvalue weighted by atomic mass is 16.3. The molecule has 0 radical (unpaired) electrons. The van der Waals surface area contributed by atoms with Gasteiger partial charge in [0.1, 0.15) is 5.65 Å². The van der Waals surface area contributed by atoms with E-state index in [2.05, 4.69) is 55.4 Å². The molecule has 0 amide bonds. The van der Waals surface area contributed by atoms with E-state index in [0.717, 1.165) is 24.4 Å². The summed E-state index contributed by atoms with van der Waals surface area (Å²) in [6.07, 6.45) is 3.65. The van der Waals surface area contributed by atoms with Crippen molar-refractivity contribution in [3.05, 3.63) is 35.8 Å². The maximum atomic E-state index is 10.3. The van der Waals surface area contributed by atoms with Gasteiger partial charge in [-0.25, -0.2) is 4.98 Å². The third kappa shape index (κ3) is 3.44. The Labute approximate surface area is 127 Å². The summed E-state index contributed by atoms with van der Waals surface area (Å²) in [7, 11) is 0. The predicted molar refractivity (Wildman–Crippen MR) is 86.3 cm³/mol. The van der Waals surface area contributed by atoms with E-state index >= 15 is 0 Å². The van der Waals surface area contributed by atoms with Gasteiger partial charge >= 0.3 is 0 Å². The molecular weight excluding hydrogens is 262 g/mol. The zero-order chi connectivity index (χ0) is 15.6. The topological polar surface area (TPSA) is 49.6 Å². The lowest BCUT2D eigenvalue weighted by molar-refractivity contribution is 0.0134. The molecule has 0 aliphatic rings. The number of hydrogen-bond donors (Lipinski definition) is 2. The van der Waals surface area contributed by atoms with Gasteiger partial charge in [0.05, 0.1) is 18.0 Å². The summed E-state index contributed by atoms with van der Waals surface area (Å²) in [6, 6.07) is 4.11. The second kappa shape index (κ2) is 6.16. The van der Waals surface area contributed by atoms with Gasteiger partial charge in [0.15, 0.2) is 0 Å². The van der Waals surface area contributed by atoms with E-state index in [1.54, 1.807) is 0 Å². The molecule has 1 atom stereocenters. The Bertz CT molecular complexity index is 601. The molecule has 0 fully saturated rings. The normalized spacial score (nSPS) is 14.0. The zero-order valence-corrected chi connectivity index (χ0v) is 13.7. The fourth-order valence-electron chi connectivity index (χ4n) is 2.85. The number of pyridine rings is 1. The first-order valence-electron chi connectivity index (χ1n) is 7.63. The van der Waals surface area contributed by atoms with Crippen molar-refractivity contribution in [3.63, 3.8) is 0 Å². The van der Waals surface area contributed by atoms with Gasteiger partial charge < -0.3 is 14.8 Å². The molecule has 0 bridgehead atoms. The first kappa shape index (κ1) is 16.0. The van der Waals surface area contributed by atoms with Crippen LogP contribution in [0.1, 0.15) is 39.0 Å². The minimum absolute atomic E-state index is 0.148. The Morgan fingerprint density at radius 1 is 1.38 bits per heavy atom. The summed E-state index contributed by atoms with van der Waals surface area (Å²) in [4.78, 5) is 4.47. The van der Waals surface area contributed by atoms with Crippen molar-refractivity contribution in [1.29, 1.82) is 0 Å². The SMILES string of the molecule is Cc1cccn2c(CNCC(C)(C)C(O)C(C)C)cnc12. The Morgan fingerprint density at radius 3 is 2.76 bits per heavy atom. The number of nitrogens with one attached hydrogen (secondary N) is 1. The van der Waals surface area contributed by atoms with Gasteiger partial charge in [0.25, 0.3) is 0 Å². The Hall–Kier alpha value is -1.39. The maximum absolute atomic E-state index is 10.3. The largest absolute Gasteiger partial charge is 0.392 e. The third-order valence-corrected chi connectivity index (χ3v) is 4.13. The molecule has 0 saturated carbocycles. The third-order valence-electron chi connectivity index (χ3n) is 4.13. The molecule has 0 aliphatic heterocycles. The molecule has 2 rings (SSSR count). The Balaban J connectivity index is 2.01. The number of fused-ring (bicyclic) bond motifs is 1. The van der Waals surface area contributed by atoms with Crippen LogP contribution >= 0.6 is 0 Å². The van der Waals surface area contributed by atoms with E-state index in [4.69, 9.17) is 0 Å². The van der Waals surface area contributed by atoms with Gasteiger partial charge in [-0.15, -0.1) is 0 Å². The molecule has 2 aromatic rings. The summed E-state index contributed by atoms with van der Waals surface area (Å²) < 4.78 is 2.12. The van der Waals surface area contributed by atoms with Crippen LogP contribution in [0.25, 0.3) is 5.65 Å². The van der Waals surface area contributed by atoms with Crippen molar-refractivity contribution < 1.29 is 5.11 Å². The average molecular weight is 289 g/mol. The van der Waals surface area contributed by atoms with Crippen LogP contribution in [0, 0.1) is 18.3 Å². The Morgan fingerprint density at radius 2 is 2.10 bits per heavy atom. The second-order valence-corrected chi connectivity index (χ2v) is 6.92. The molecule has 21 heavy (non-hydrogen) atoms. The Kier molecular flexibility index (Phi) is 4.69. The summed E-state index contributed by atoms with van der Waals surface area (Å²) >= 11 is 0. The molecule has 0 aliphatic carbocycles. The second-order valence-electron chi connectivity index (χ2n) is 6.92. The molecule has 0 aromatic carbocycles. The van der Waals surface area contributed by atoms with Gasteiger partial charge in [-0.2, -0.15) is 0 Å². The van der Waals surface area contributed by atoms with Gasteiger partial charge in [0, 0.05) is 24.7 Å². The summed E-state index contributed by atoms with van der Waals surface area (Å²) in [5.41, 5.74) is 3.18. The molecule has 4 heteroatoms. The van der Waals surface area contributed by atoms with E-state index in [9.17, 15) is 5.11 Å². The van der Waals surface area contributed by atoms with Crippen LogP contribution in [0.15, 0.2) is 24.5 Å². The van der Waals surface area contributed by atoms with E-state index < -0.39 is 0 Å². The standard InChI is InChI=1S/C17H27N3O/c1-12(2)15(21)17(4,5)11-18-9-14-10-19-16-13(3)7-6-8-20(14)16/h6-8,10,12,15,18,21H,9,11H2,1-5H3. The number of aromatic nitrogens is 2. The summed E-state index contributed by atoms with van der Waals surface area (Å²) in [5, 5.41) is 13.7. The number of nitrogens with zero attached hydrogens (tertiary/aromatic N) is 2. The van der Waals surface area contributed by atoms with Crippen LogP contribution in [0.4, 0.5) is 0 Å². The zero-order valence-electron chi connectivity index (χ0n) is 13.7. The van der Waals surface area contributed by atoms with Gasteiger partial charge in [-0.1, -0.05) is 33.8 Å².